The summed E-state index contributed by atoms with van der Waals surface area (Å²) < 4.78 is 16.1. The summed E-state index contributed by atoms with van der Waals surface area (Å²) in [6, 6.07) is 9.08. The smallest absolute Gasteiger partial charge is 0.316 e. The van der Waals surface area contributed by atoms with Crippen LogP contribution in [-0.4, -0.2) is 27.7 Å². The van der Waals surface area contributed by atoms with Gasteiger partial charge in [0.15, 0.2) is 14.6 Å². The number of esters is 1. The fraction of sp³-hybridized carbons (Fsp3) is 0.316. The molecule has 0 aliphatic carbocycles. The van der Waals surface area contributed by atoms with Crippen LogP contribution in [0.4, 0.5) is 0 Å². The Hall–Kier alpha value is -2.45. The van der Waals surface area contributed by atoms with Crippen molar-refractivity contribution in [3.8, 4) is 23.2 Å². The van der Waals surface area contributed by atoms with E-state index in [4.69, 9.17) is 22.1 Å². The van der Waals surface area contributed by atoms with E-state index in [1.807, 2.05) is 24.3 Å². The van der Waals surface area contributed by atoms with E-state index in [1.165, 1.54) is 7.11 Å². The van der Waals surface area contributed by atoms with Crippen molar-refractivity contribution in [2.24, 2.45) is 5.41 Å². The normalized spacial score (nSPS) is 10.8. The Labute approximate surface area is 143 Å². The van der Waals surface area contributed by atoms with E-state index in [0.717, 1.165) is 10.8 Å². The maximum Gasteiger partial charge on any atom is 0.316 e. The molecule has 0 N–H and O–H groups in total. The number of carbonyl (C=O) groups is 1. The first-order chi connectivity index (χ1) is 11.4. The van der Waals surface area contributed by atoms with E-state index < -0.39 is 5.41 Å². The van der Waals surface area contributed by atoms with Crippen LogP contribution in [0.1, 0.15) is 26.3 Å². The van der Waals surface area contributed by atoms with E-state index in [2.05, 4.69) is 11.7 Å². The van der Waals surface area contributed by atoms with Crippen molar-refractivity contribution in [2.45, 2.75) is 20.8 Å². The van der Waals surface area contributed by atoms with Crippen molar-refractivity contribution in [1.29, 1.82) is 0 Å². The highest BCUT2D eigenvalue weighted by Gasteiger charge is 2.25. The highest BCUT2D eigenvalue weighted by Crippen LogP contribution is 2.35. The molecule has 2 rings (SSSR count). The Morgan fingerprint density at radius 2 is 2.00 bits per heavy atom. The van der Waals surface area contributed by atoms with E-state index in [1.54, 1.807) is 26.8 Å². The lowest BCUT2D eigenvalue weighted by Crippen LogP contribution is -2.25. The van der Waals surface area contributed by atoms with Crippen LogP contribution in [0.15, 0.2) is 30.3 Å². The van der Waals surface area contributed by atoms with Gasteiger partial charge in [0.25, 0.3) is 0 Å². The number of hydrogen-bond donors (Lipinski definition) is 0. The first-order valence-electron chi connectivity index (χ1n) is 7.49. The van der Waals surface area contributed by atoms with E-state index >= 15 is 0 Å². The van der Waals surface area contributed by atoms with Gasteiger partial charge in [-0.25, -0.2) is 0 Å². The fourth-order valence-electron chi connectivity index (χ4n) is 2.09. The third kappa shape index (κ3) is 4.09. The molecule has 2 aromatic rings. The standard InChI is InChI=1S/C19H19BO4/c1-19(2,3)18(21)24-16-11-15(23-12-22-4)10-14-7-5-6-13(8-9-20)17(14)16/h5-7,10-11H,12H2,1-4H3. The summed E-state index contributed by atoms with van der Waals surface area (Å²) in [5.74, 6) is 5.81. The van der Waals surface area contributed by atoms with Gasteiger partial charge in [0, 0.05) is 24.1 Å². The molecular formula is C19H19BO4. The summed E-state index contributed by atoms with van der Waals surface area (Å²) in [4.78, 5) is 12.3. The molecule has 0 atom stereocenters. The van der Waals surface area contributed by atoms with Gasteiger partial charge in [-0.05, 0) is 38.3 Å². The van der Waals surface area contributed by atoms with Crippen molar-refractivity contribution in [1.82, 2.24) is 0 Å². The molecule has 0 spiro atoms. The number of hydrogen-bond acceptors (Lipinski definition) is 4. The van der Waals surface area contributed by atoms with Crippen molar-refractivity contribution < 1.29 is 19.0 Å². The Kier molecular flexibility index (Phi) is 5.53. The molecule has 0 saturated heterocycles. The molecule has 0 aliphatic rings. The van der Waals surface area contributed by atoms with Gasteiger partial charge in [0.2, 0.25) is 0 Å². The zero-order valence-corrected chi connectivity index (χ0v) is 14.3. The second kappa shape index (κ2) is 7.42. The lowest BCUT2D eigenvalue weighted by atomic mass is 9.97. The first-order valence-corrected chi connectivity index (χ1v) is 7.49. The zero-order chi connectivity index (χ0) is 17.7. The summed E-state index contributed by atoms with van der Waals surface area (Å²) in [6.07, 6.45) is 0. The fourth-order valence-corrected chi connectivity index (χ4v) is 2.09. The Bertz CT molecular complexity index is 810. The predicted molar refractivity (Wildman–Crippen MR) is 94.2 cm³/mol. The van der Waals surface area contributed by atoms with Crippen LogP contribution >= 0.6 is 0 Å². The molecule has 0 bridgehead atoms. The van der Waals surface area contributed by atoms with Crippen molar-refractivity contribution in [3.05, 3.63) is 35.9 Å². The van der Waals surface area contributed by atoms with Gasteiger partial charge in [0.1, 0.15) is 11.5 Å². The molecule has 0 aromatic heterocycles. The van der Waals surface area contributed by atoms with Crippen LogP contribution < -0.4 is 9.47 Å². The van der Waals surface area contributed by atoms with Crippen LogP contribution in [0.3, 0.4) is 0 Å². The number of methoxy groups -OCH3 is 1. The number of benzene rings is 2. The molecule has 0 amide bonds. The summed E-state index contributed by atoms with van der Waals surface area (Å²) in [7, 11) is 6.90. The predicted octanol–water partition coefficient (Wildman–Crippen LogP) is 3.25. The van der Waals surface area contributed by atoms with Crippen LogP contribution in [0.2, 0.25) is 0 Å². The van der Waals surface area contributed by atoms with Gasteiger partial charge in [-0.1, -0.05) is 18.1 Å². The topological polar surface area (TPSA) is 44.8 Å². The second-order valence-corrected chi connectivity index (χ2v) is 6.28. The van der Waals surface area contributed by atoms with E-state index in [-0.39, 0.29) is 12.8 Å². The van der Waals surface area contributed by atoms with Crippen LogP contribution in [-0.2, 0) is 9.53 Å². The average molecular weight is 322 g/mol. The minimum absolute atomic E-state index is 0.0977. The Balaban J connectivity index is 2.61. The Morgan fingerprint density at radius 3 is 2.62 bits per heavy atom. The van der Waals surface area contributed by atoms with Crippen molar-refractivity contribution in [2.75, 3.05) is 13.9 Å². The van der Waals surface area contributed by atoms with Crippen molar-refractivity contribution >= 4 is 24.6 Å². The molecule has 0 fully saturated rings. The van der Waals surface area contributed by atoms with E-state index in [9.17, 15) is 4.79 Å². The summed E-state index contributed by atoms with van der Waals surface area (Å²) in [5.41, 5.74) is 0.0505. The molecule has 0 unspecified atom stereocenters. The maximum absolute atomic E-state index is 12.3. The molecule has 0 aliphatic heterocycles. The minimum atomic E-state index is -0.635. The average Bonchev–Trinajstić information content (AvgIpc) is 2.52. The summed E-state index contributed by atoms with van der Waals surface area (Å²) >= 11 is 0. The van der Waals surface area contributed by atoms with Crippen LogP contribution in [0.5, 0.6) is 11.5 Å². The molecule has 0 heterocycles. The lowest BCUT2D eigenvalue weighted by Gasteiger charge is -2.18. The second-order valence-electron chi connectivity index (χ2n) is 6.28. The molecule has 5 heteroatoms. The lowest BCUT2D eigenvalue weighted by molar-refractivity contribution is -0.142. The van der Waals surface area contributed by atoms with Gasteiger partial charge >= 0.3 is 5.97 Å². The molecule has 2 aromatic carbocycles. The van der Waals surface area contributed by atoms with Gasteiger partial charge in [-0.15, -0.1) is 0 Å². The third-order valence-corrected chi connectivity index (χ3v) is 3.28. The van der Waals surface area contributed by atoms with Gasteiger partial charge in [-0.3, -0.25) is 4.79 Å². The van der Waals surface area contributed by atoms with Crippen LogP contribution in [0.25, 0.3) is 10.8 Å². The quantitative estimate of drug-likeness (QED) is 0.285. The highest BCUT2D eigenvalue weighted by atomic mass is 16.7. The summed E-state index contributed by atoms with van der Waals surface area (Å²) in [6.45, 7) is 5.48. The van der Waals surface area contributed by atoms with Gasteiger partial charge in [-0.2, -0.15) is 5.82 Å². The monoisotopic (exact) mass is 322 g/mol. The van der Waals surface area contributed by atoms with E-state index in [0.29, 0.717) is 17.1 Å². The molecule has 24 heavy (non-hydrogen) atoms. The van der Waals surface area contributed by atoms with Crippen LogP contribution in [0, 0.1) is 17.2 Å². The minimum Gasteiger partial charge on any atom is -0.467 e. The Morgan fingerprint density at radius 1 is 1.25 bits per heavy atom. The number of rotatable bonds is 4. The first kappa shape index (κ1) is 17.9. The highest BCUT2D eigenvalue weighted by molar-refractivity contribution is 6.22. The third-order valence-electron chi connectivity index (χ3n) is 3.28. The SMILES string of the molecule is [B]C#Cc1cccc2cc(OCOC)cc(OC(=O)C(C)(C)C)c12. The number of carbonyl (C=O) groups excluding carboxylic acids is 1. The van der Waals surface area contributed by atoms with Gasteiger partial charge < -0.3 is 14.2 Å². The molecule has 2 radical (unpaired) electrons. The summed E-state index contributed by atoms with van der Waals surface area (Å²) in [5, 5.41) is 1.55. The van der Waals surface area contributed by atoms with Crippen molar-refractivity contribution in [3.63, 3.8) is 0 Å². The number of fused-ring (bicyclic) bond motifs is 1. The largest absolute Gasteiger partial charge is 0.467 e. The zero-order valence-electron chi connectivity index (χ0n) is 14.3. The molecule has 122 valence electrons. The molecule has 4 nitrogen and oxygen atoms in total. The molecule has 0 saturated carbocycles. The molecular weight excluding hydrogens is 303 g/mol. The number of ether oxygens (including phenoxy) is 3. The maximum atomic E-state index is 12.3. The van der Waals surface area contributed by atoms with Gasteiger partial charge in [0.05, 0.1) is 5.41 Å².